The molecule has 0 saturated heterocycles. The highest BCUT2D eigenvalue weighted by Crippen LogP contribution is 2.40. The number of hydrogen-bond acceptors (Lipinski definition) is 5. The van der Waals surface area contributed by atoms with E-state index < -0.39 is 32.6 Å². The predicted octanol–water partition coefficient (Wildman–Crippen LogP) is 4.90. The Morgan fingerprint density at radius 2 is 1.85 bits per heavy atom. The molecule has 1 aliphatic carbocycles. The molecule has 0 heterocycles. The molecule has 2 aromatic rings. The third-order valence-corrected chi connectivity index (χ3v) is 6.18. The first-order chi connectivity index (χ1) is 15.7. The molecule has 33 heavy (non-hydrogen) atoms. The third kappa shape index (κ3) is 7.85. The van der Waals surface area contributed by atoms with Crippen LogP contribution < -0.4 is 10.5 Å². The number of aliphatic hydroxyl groups is 1. The summed E-state index contributed by atoms with van der Waals surface area (Å²) in [5, 5.41) is 9.47. The van der Waals surface area contributed by atoms with Crippen molar-refractivity contribution in [3.63, 3.8) is 0 Å². The van der Waals surface area contributed by atoms with Gasteiger partial charge < -0.3 is 20.1 Å². The average Bonchev–Trinajstić information content (AvgIpc) is 3.65. The van der Waals surface area contributed by atoms with Crippen LogP contribution in [0.15, 0.2) is 42.5 Å². The minimum atomic E-state index is -4.56. The predicted molar refractivity (Wildman–Crippen MR) is 122 cm³/mol. The number of halogens is 3. The van der Waals surface area contributed by atoms with Gasteiger partial charge in [-0.15, -0.1) is 0 Å². The van der Waals surface area contributed by atoms with Gasteiger partial charge in [-0.3, -0.25) is 4.57 Å². The molecule has 1 fully saturated rings. The highest BCUT2D eigenvalue weighted by molar-refractivity contribution is 7.17. The van der Waals surface area contributed by atoms with Crippen molar-refractivity contribution in [2.75, 3.05) is 19.8 Å². The zero-order valence-corrected chi connectivity index (χ0v) is 19.6. The second-order valence-corrected chi connectivity index (χ2v) is 9.25. The normalized spacial score (nSPS) is 16.3. The summed E-state index contributed by atoms with van der Waals surface area (Å²) in [6, 6.07) is 12.3. The van der Waals surface area contributed by atoms with Gasteiger partial charge in [0.05, 0.1) is 30.9 Å². The van der Waals surface area contributed by atoms with Crippen molar-refractivity contribution in [3.8, 4) is 5.75 Å². The lowest BCUT2D eigenvalue weighted by Crippen LogP contribution is -2.47. The Kier molecular flexibility index (Phi) is 8.99. The van der Waals surface area contributed by atoms with Crippen molar-refractivity contribution in [3.05, 3.63) is 64.7 Å². The minimum Gasteiger partial charge on any atom is -0.493 e. The monoisotopic (exact) mass is 485 g/mol. The minimum absolute atomic E-state index is 0.126. The van der Waals surface area contributed by atoms with Crippen LogP contribution in [0.25, 0.3) is 0 Å². The SMILES string of the molecule is NC(CO)(CCc1ccc(OCCCc2cccc(C3CC3)c2)c(C(F)(F)F)c1)CO[PH2]=O. The Morgan fingerprint density at radius 1 is 1.09 bits per heavy atom. The number of nitrogens with two attached hydrogens (primary N) is 1. The summed E-state index contributed by atoms with van der Waals surface area (Å²) in [7, 11) is -1.47. The molecule has 2 aromatic carbocycles. The van der Waals surface area contributed by atoms with Crippen molar-refractivity contribution in [1.29, 1.82) is 0 Å². The van der Waals surface area contributed by atoms with Gasteiger partial charge in [0.1, 0.15) is 5.75 Å². The largest absolute Gasteiger partial charge is 0.493 e. The molecule has 182 valence electrons. The Hall–Kier alpha value is -1.86. The van der Waals surface area contributed by atoms with Crippen LogP contribution in [0.2, 0.25) is 0 Å². The quantitative estimate of drug-likeness (QED) is 0.311. The van der Waals surface area contributed by atoms with Crippen LogP contribution in [0, 0.1) is 0 Å². The second-order valence-electron chi connectivity index (χ2n) is 8.73. The number of rotatable bonds is 13. The zero-order chi connectivity index (χ0) is 23.9. The Bertz CT molecular complexity index is 936. The van der Waals surface area contributed by atoms with E-state index >= 15 is 0 Å². The van der Waals surface area contributed by atoms with Gasteiger partial charge in [-0.1, -0.05) is 30.3 Å². The summed E-state index contributed by atoms with van der Waals surface area (Å²) in [5.74, 6) is 0.466. The lowest BCUT2D eigenvalue weighted by atomic mass is 9.93. The topological polar surface area (TPSA) is 81.8 Å². The number of aryl methyl sites for hydroxylation is 2. The Labute approximate surface area is 193 Å². The molecule has 3 N–H and O–H groups in total. The maximum absolute atomic E-state index is 13.6. The molecule has 2 atom stereocenters. The van der Waals surface area contributed by atoms with E-state index in [1.165, 1.54) is 30.0 Å². The zero-order valence-electron chi connectivity index (χ0n) is 18.4. The molecule has 1 aliphatic rings. The van der Waals surface area contributed by atoms with Gasteiger partial charge in [-0.2, -0.15) is 13.2 Å². The van der Waals surface area contributed by atoms with Crippen molar-refractivity contribution < 1.29 is 32.1 Å². The van der Waals surface area contributed by atoms with Crippen molar-refractivity contribution >= 4 is 8.69 Å². The summed E-state index contributed by atoms with van der Waals surface area (Å²) < 4.78 is 61.8. The second kappa shape index (κ2) is 11.5. The maximum atomic E-state index is 13.6. The van der Waals surface area contributed by atoms with E-state index in [1.54, 1.807) is 6.07 Å². The fourth-order valence-corrected chi connectivity index (χ4v) is 4.15. The average molecular weight is 485 g/mol. The first-order valence-electron chi connectivity index (χ1n) is 11.1. The van der Waals surface area contributed by atoms with Crippen LogP contribution in [0.3, 0.4) is 0 Å². The fourth-order valence-electron chi connectivity index (χ4n) is 3.75. The molecular weight excluding hydrogens is 454 g/mol. The van der Waals surface area contributed by atoms with E-state index in [0.29, 0.717) is 17.9 Å². The highest BCUT2D eigenvalue weighted by Gasteiger charge is 2.35. The summed E-state index contributed by atoms with van der Waals surface area (Å²) in [6.45, 7) is -0.371. The summed E-state index contributed by atoms with van der Waals surface area (Å²) in [4.78, 5) is 0. The van der Waals surface area contributed by atoms with E-state index in [1.807, 2.05) is 12.1 Å². The first kappa shape index (κ1) is 25.8. The lowest BCUT2D eigenvalue weighted by Gasteiger charge is -2.26. The van der Waals surface area contributed by atoms with E-state index in [2.05, 4.69) is 12.1 Å². The van der Waals surface area contributed by atoms with Gasteiger partial charge in [-0.25, -0.2) is 0 Å². The van der Waals surface area contributed by atoms with Crippen LogP contribution in [0.4, 0.5) is 13.2 Å². The lowest BCUT2D eigenvalue weighted by molar-refractivity contribution is -0.139. The summed E-state index contributed by atoms with van der Waals surface area (Å²) in [6.07, 6.45) is -0.368. The molecule has 0 amide bonds. The Morgan fingerprint density at radius 3 is 2.52 bits per heavy atom. The van der Waals surface area contributed by atoms with Crippen LogP contribution in [0.1, 0.15) is 53.9 Å². The molecule has 0 spiro atoms. The summed E-state index contributed by atoms with van der Waals surface area (Å²) >= 11 is 0. The van der Waals surface area contributed by atoms with Crippen LogP contribution in [0.5, 0.6) is 5.75 Å². The number of alkyl halides is 3. The smallest absolute Gasteiger partial charge is 0.419 e. The molecule has 2 unspecified atom stereocenters. The Balaban J connectivity index is 1.58. The molecular formula is C24H31F3NO4P. The first-order valence-corrected chi connectivity index (χ1v) is 12.0. The van der Waals surface area contributed by atoms with Gasteiger partial charge in [0.25, 0.3) is 0 Å². The van der Waals surface area contributed by atoms with E-state index in [4.69, 9.17) is 15.0 Å². The van der Waals surface area contributed by atoms with Gasteiger partial charge in [0.15, 0.2) is 8.69 Å². The molecule has 3 rings (SSSR count). The fraction of sp³-hybridized carbons (Fsp3) is 0.500. The van der Waals surface area contributed by atoms with Crippen molar-refractivity contribution in [2.45, 2.75) is 56.2 Å². The van der Waals surface area contributed by atoms with E-state index in [0.717, 1.165) is 12.5 Å². The van der Waals surface area contributed by atoms with E-state index in [-0.39, 0.29) is 31.8 Å². The number of benzene rings is 2. The molecule has 9 heteroatoms. The number of aliphatic hydroxyl groups excluding tert-OH is 1. The van der Waals surface area contributed by atoms with Gasteiger partial charge >= 0.3 is 6.18 Å². The van der Waals surface area contributed by atoms with Gasteiger partial charge in [-0.05, 0) is 73.3 Å². The molecule has 0 radical (unpaired) electrons. The number of hydrogen-bond donors (Lipinski definition) is 2. The molecule has 0 aliphatic heterocycles. The van der Waals surface area contributed by atoms with Gasteiger partial charge in [0.2, 0.25) is 0 Å². The molecule has 0 bridgehead atoms. The van der Waals surface area contributed by atoms with Gasteiger partial charge in [0, 0.05) is 0 Å². The standard InChI is InChI=1S/C24H31F3NO4P/c25-24(26,27)21-14-18(10-11-23(28,15-29)16-32-33-30)6-9-22(21)31-12-2-4-17-3-1-5-20(13-17)19-7-8-19/h1,3,5-6,9,13-14,19,29H,2,4,7-8,10-12,15-16,28,33H2. The third-order valence-electron chi connectivity index (χ3n) is 5.88. The highest BCUT2D eigenvalue weighted by atomic mass is 31.1. The van der Waals surface area contributed by atoms with Crippen molar-refractivity contribution in [2.24, 2.45) is 5.73 Å². The van der Waals surface area contributed by atoms with Crippen LogP contribution in [-0.4, -0.2) is 30.5 Å². The maximum Gasteiger partial charge on any atom is 0.419 e. The van der Waals surface area contributed by atoms with Crippen LogP contribution in [-0.2, 0) is 28.1 Å². The van der Waals surface area contributed by atoms with Crippen LogP contribution >= 0.6 is 8.69 Å². The molecule has 5 nitrogen and oxygen atoms in total. The molecule has 1 saturated carbocycles. The summed E-state index contributed by atoms with van der Waals surface area (Å²) in [5.41, 5.74) is 6.93. The van der Waals surface area contributed by atoms with E-state index in [9.17, 15) is 22.8 Å². The van der Waals surface area contributed by atoms with Crippen molar-refractivity contribution in [1.82, 2.24) is 0 Å². The number of ether oxygens (including phenoxy) is 1. The molecule has 0 aromatic heterocycles.